The van der Waals surface area contributed by atoms with Gasteiger partial charge in [0.25, 0.3) is 5.69 Å². The van der Waals surface area contributed by atoms with Crippen LogP contribution in [0.5, 0.6) is 0 Å². The van der Waals surface area contributed by atoms with Crippen molar-refractivity contribution in [3.05, 3.63) is 39.4 Å². The summed E-state index contributed by atoms with van der Waals surface area (Å²) < 4.78 is 0. The molecule has 1 rings (SSSR count). The van der Waals surface area contributed by atoms with Gasteiger partial charge >= 0.3 is 0 Å². The first kappa shape index (κ1) is 16.0. The highest BCUT2D eigenvalue weighted by Gasteiger charge is 2.13. The number of rotatable bonds is 8. The number of nitro groups is 1. The summed E-state index contributed by atoms with van der Waals surface area (Å²) in [6, 6.07) is 4.69. The molecule has 0 saturated carbocycles. The molecule has 0 aliphatic heterocycles. The number of hydrazine groups is 1. The number of nitrogens with one attached hydrogen (secondary N) is 2. The van der Waals surface area contributed by atoms with Gasteiger partial charge in [0.2, 0.25) is 5.91 Å². The number of aliphatic hydroxyl groups excluding tert-OH is 1. The number of benzene rings is 1. The van der Waals surface area contributed by atoms with E-state index in [0.717, 1.165) is 5.56 Å². The molecule has 110 valence electrons. The zero-order valence-electron chi connectivity index (χ0n) is 11.0. The van der Waals surface area contributed by atoms with Gasteiger partial charge in [-0.1, -0.05) is 6.07 Å². The van der Waals surface area contributed by atoms with E-state index in [0.29, 0.717) is 31.5 Å². The normalized spacial score (nSPS) is 10.3. The zero-order chi connectivity index (χ0) is 15.0. The van der Waals surface area contributed by atoms with Gasteiger partial charge in [-0.25, -0.2) is 5.84 Å². The molecule has 1 amide bonds. The zero-order valence-corrected chi connectivity index (χ0v) is 11.0. The third-order valence-corrected chi connectivity index (χ3v) is 2.76. The molecule has 8 heteroatoms. The lowest BCUT2D eigenvalue weighted by Crippen LogP contribution is -2.30. The van der Waals surface area contributed by atoms with E-state index in [1.807, 2.05) is 5.43 Å². The maximum atomic E-state index is 10.9. The van der Waals surface area contributed by atoms with Crippen LogP contribution < -0.4 is 16.6 Å². The predicted octanol–water partition coefficient (Wildman–Crippen LogP) is -0.0532. The van der Waals surface area contributed by atoms with Crippen LogP contribution in [0.4, 0.5) is 5.69 Å². The van der Waals surface area contributed by atoms with Gasteiger partial charge in [-0.15, -0.1) is 0 Å². The molecule has 0 aliphatic carbocycles. The summed E-state index contributed by atoms with van der Waals surface area (Å²) >= 11 is 0. The van der Waals surface area contributed by atoms with Crippen LogP contribution in [0.3, 0.4) is 0 Å². The van der Waals surface area contributed by atoms with Gasteiger partial charge in [-0.2, -0.15) is 0 Å². The number of nitrogens with two attached hydrogens (primary N) is 1. The Balaban J connectivity index is 2.46. The first-order valence-electron chi connectivity index (χ1n) is 6.15. The van der Waals surface area contributed by atoms with Gasteiger partial charge < -0.3 is 10.4 Å². The molecule has 0 fully saturated rings. The Kier molecular flexibility index (Phi) is 6.57. The van der Waals surface area contributed by atoms with Crippen molar-refractivity contribution < 1.29 is 14.8 Å². The first-order chi connectivity index (χ1) is 9.58. The molecule has 1 aromatic rings. The number of nitro benzene ring substituents is 1. The Bertz CT molecular complexity index is 479. The lowest BCUT2D eigenvalue weighted by atomic mass is 10.1. The van der Waals surface area contributed by atoms with Crippen molar-refractivity contribution in [2.24, 2.45) is 5.84 Å². The van der Waals surface area contributed by atoms with Crippen molar-refractivity contribution in [1.29, 1.82) is 0 Å². The molecule has 0 aromatic heterocycles. The van der Waals surface area contributed by atoms with Crippen LogP contribution in [-0.2, 0) is 17.9 Å². The number of hydrogen-bond acceptors (Lipinski definition) is 6. The van der Waals surface area contributed by atoms with Crippen molar-refractivity contribution in [2.45, 2.75) is 26.0 Å². The van der Waals surface area contributed by atoms with Crippen LogP contribution in [-0.4, -0.2) is 22.5 Å². The molecule has 0 aliphatic rings. The van der Waals surface area contributed by atoms with Gasteiger partial charge in [0.1, 0.15) is 0 Å². The second-order valence-electron chi connectivity index (χ2n) is 4.23. The van der Waals surface area contributed by atoms with Gasteiger partial charge in [0, 0.05) is 19.0 Å². The molecule has 0 bridgehead atoms. The van der Waals surface area contributed by atoms with Crippen molar-refractivity contribution in [2.75, 3.05) is 6.54 Å². The number of carbonyl (C=O) groups is 1. The SMILES string of the molecule is NNC(=O)CCCNCc1ccc(CO)c([N+](=O)[O-])c1. The number of carbonyl (C=O) groups excluding carboxylic acids is 1. The monoisotopic (exact) mass is 282 g/mol. The third-order valence-electron chi connectivity index (χ3n) is 2.76. The minimum absolute atomic E-state index is 0.0886. The Morgan fingerprint density at radius 1 is 1.45 bits per heavy atom. The van der Waals surface area contributed by atoms with Crippen molar-refractivity contribution >= 4 is 11.6 Å². The highest BCUT2D eigenvalue weighted by molar-refractivity contribution is 5.75. The van der Waals surface area contributed by atoms with E-state index in [2.05, 4.69) is 5.32 Å². The molecule has 1 aromatic carbocycles. The standard InChI is InChI=1S/C12H18N4O4/c13-15-12(18)2-1-5-14-7-9-3-4-10(8-17)11(6-9)16(19)20/h3-4,6,14,17H,1-2,5,7-8,13H2,(H,15,18). The average Bonchev–Trinajstić information content (AvgIpc) is 2.46. The second kappa shape index (κ2) is 8.20. The summed E-state index contributed by atoms with van der Waals surface area (Å²) in [5.41, 5.74) is 2.99. The van der Waals surface area contributed by atoms with Crippen molar-refractivity contribution in [1.82, 2.24) is 10.7 Å². The fourth-order valence-corrected chi connectivity index (χ4v) is 1.70. The van der Waals surface area contributed by atoms with E-state index < -0.39 is 4.92 Å². The van der Waals surface area contributed by atoms with E-state index in [4.69, 9.17) is 10.9 Å². The van der Waals surface area contributed by atoms with E-state index in [9.17, 15) is 14.9 Å². The molecule has 8 nitrogen and oxygen atoms in total. The summed E-state index contributed by atoms with van der Waals surface area (Å²) in [6.45, 7) is 0.692. The predicted molar refractivity (Wildman–Crippen MR) is 72.3 cm³/mol. The van der Waals surface area contributed by atoms with E-state index >= 15 is 0 Å². The quantitative estimate of drug-likeness (QED) is 0.174. The summed E-state index contributed by atoms with van der Waals surface area (Å²) in [6.07, 6.45) is 0.951. The number of aliphatic hydroxyl groups is 1. The van der Waals surface area contributed by atoms with Crippen LogP contribution in [0.15, 0.2) is 18.2 Å². The van der Waals surface area contributed by atoms with Gasteiger partial charge in [-0.3, -0.25) is 20.3 Å². The fourth-order valence-electron chi connectivity index (χ4n) is 1.70. The number of nitrogens with zero attached hydrogens (tertiary/aromatic N) is 1. The van der Waals surface area contributed by atoms with Crippen LogP contribution in [0.2, 0.25) is 0 Å². The lowest BCUT2D eigenvalue weighted by molar-refractivity contribution is -0.385. The molecule has 0 atom stereocenters. The summed E-state index contributed by atoms with van der Waals surface area (Å²) in [5, 5.41) is 22.9. The largest absolute Gasteiger partial charge is 0.391 e. The number of amides is 1. The number of hydrogen-bond donors (Lipinski definition) is 4. The van der Waals surface area contributed by atoms with E-state index in [-0.39, 0.29) is 18.2 Å². The van der Waals surface area contributed by atoms with Gasteiger partial charge in [0.05, 0.1) is 17.1 Å². The minimum Gasteiger partial charge on any atom is -0.391 e. The Morgan fingerprint density at radius 2 is 2.20 bits per heavy atom. The topological polar surface area (TPSA) is 131 Å². The summed E-state index contributed by atoms with van der Waals surface area (Å²) in [7, 11) is 0. The van der Waals surface area contributed by atoms with Crippen molar-refractivity contribution in [3.8, 4) is 0 Å². The minimum atomic E-state index is -0.513. The molecular weight excluding hydrogens is 264 g/mol. The van der Waals surface area contributed by atoms with Crippen LogP contribution in [0.25, 0.3) is 0 Å². The Labute approximate surface area is 116 Å². The molecular formula is C12H18N4O4. The lowest BCUT2D eigenvalue weighted by Gasteiger charge is -2.06. The third kappa shape index (κ3) is 4.92. The molecule has 0 unspecified atom stereocenters. The van der Waals surface area contributed by atoms with Crippen LogP contribution in [0, 0.1) is 10.1 Å². The molecule has 0 spiro atoms. The van der Waals surface area contributed by atoms with Crippen LogP contribution in [0.1, 0.15) is 24.0 Å². The maximum absolute atomic E-state index is 10.9. The smallest absolute Gasteiger partial charge is 0.275 e. The summed E-state index contributed by atoms with van der Waals surface area (Å²) in [5.74, 6) is 4.72. The molecule has 0 radical (unpaired) electrons. The molecule has 0 heterocycles. The second-order valence-corrected chi connectivity index (χ2v) is 4.23. The molecule has 0 saturated heterocycles. The molecule has 20 heavy (non-hydrogen) atoms. The summed E-state index contributed by atoms with van der Waals surface area (Å²) in [4.78, 5) is 21.2. The van der Waals surface area contributed by atoms with E-state index in [1.165, 1.54) is 12.1 Å². The fraction of sp³-hybridized carbons (Fsp3) is 0.417. The average molecular weight is 282 g/mol. The van der Waals surface area contributed by atoms with Gasteiger partial charge in [-0.05, 0) is 24.6 Å². The highest BCUT2D eigenvalue weighted by Crippen LogP contribution is 2.20. The van der Waals surface area contributed by atoms with E-state index in [1.54, 1.807) is 6.07 Å². The van der Waals surface area contributed by atoms with Crippen LogP contribution >= 0.6 is 0 Å². The highest BCUT2D eigenvalue weighted by atomic mass is 16.6. The van der Waals surface area contributed by atoms with Gasteiger partial charge in [0.15, 0.2) is 0 Å². The Hall–Kier alpha value is -2.03. The molecule has 5 N–H and O–H groups in total. The van der Waals surface area contributed by atoms with Crippen molar-refractivity contribution in [3.63, 3.8) is 0 Å². The maximum Gasteiger partial charge on any atom is 0.275 e. The Morgan fingerprint density at radius 3 is 2.80 bits per heavy atom. The first-order valence-corrected chi connectivity index (χ1v) is 6.15.